The van der Waals surface area contributed by atoms with E-state index in [-0.39, 0.29) is 10.8 Å². The maximum absolute atomic E-state index is 12.7. The van der Waals surface area contributed by atoms with Crippen LogP contribution in [0.3, 0.4) is 0 Å². The van der Waals surface area contributed by atoms with Crippen LogP contribution < -0.4 is 4.72 Å². The molecule has 3 aromatic carbocycles. The van der Waals surface area contributed by atoms with E-state index in [9.17, 15) is 8.42 Å². The minimum atomic E-state index is -3.75. The standard InChI is InChI=1S/C24H22N2O3S/c1-17-11-12-22(13-18(17)2)30(27,28)26-24-16-23(25-29-24)21-10-6-9-20(15-21)14-19-7-4-3-5-8-19/h3-13,15-16,26H,14H2,1-2H3. The number of rotatable bonds is 6. The van der Waals surface area contributed by atoms with Gasteiger partial charge in [0.2, 0.25) is 5.88 Å². The van der Waals surface area contributed by atoms with Crippen LogP contribution in [0.5, 0.6) is 0 Å². The number of nitrogens with one attached hydrogen (secondary N) is 1. The fourth-order valence-corrected chi connectivity index (χ4v) is 4.26. The molecule has 0 radical (unpaired) electrons. The van der Waals surface area contributed by atoms with E-state index in [4.69, 9.17) is 4.52 Å². The van der Waals surface area contributed by atoms with Gasteiger partial charge in [-0.05, 0) is 60.7 Å². The molecular formula is C24H22N2O3S. The second-order valence-corrected chi connectivity index (χ2v) is 8.97. The molecule has 152 valence electrons. The number of nitrogens with zero attached hydrogens (tertiary/aromatic N) is 1. The second-order valence-electron chi connectivity index (χ2n) is 7.29. The van der Waals surface area contributed by atoms with Gasteiger partial charge in [0, 0.05) is 11.6 Å². The normalized spacial score (nSPS) is 11.4. The van der Waals surface area contributed by atoms with Crippen LogP contribution in [0, 0.1) is 13.8 Å². The summed E-state index contributed by atoms with van der Waals surface area (Å²) in [5.74, 6) is 0.0803. The van der Waals surface area contributed by atoms with E-state index in [1.165, 1.54) is 5.56 Å². The average Bonchev–Trinajstić information content (AvgIpc) is 3.19. The lowest BCUT2D eigenvalue weighted by atomic mass is 10.0. The molecule has 0 aliphatic rings. The molecule has 1 aromatic heterocycles. The highest BCUT2D eigenvalue weighted by Crippen LogP contribution is 2.25. The highest BCUT2D eigenvalue weighted by Gasteiger charge is 2.18. The van der Waals surface area contributed by atoms with Gasteiger partial charge in [-0.25, -0.2) is 13.1 Å². The van der Waals surface area contributed by atoms with Gasteiger partial charge >= 0.3 is 0 Å². The van der Waals surface area contributed by atoms with Crippen molar-refractivity contribution in [2.75, 3.05) is 4.72 Å². The third-order valence-electron chi connectivity index (χ3n) is 5.01. The van der Waals surface area contributed by atoms with Gasteiger partial charge < -0.3 is 4.52 Å². The van der Waals surface area contributed by atoms with Gasteiger partial charge in [0.15, 0.2) is 0 Å². The van der Waals surface area contributed by atoms with Gasteiger partial charge in [-0.3, -0.25) is 0 Å². The van der Waals surface area contributed by atoms with E-state index in [0.717, 1.165) is 28.7 Å². The molecule has 0 amide bonds. The largest absolute Gasteiger partial charge is 0.337 e. The Morgan fingerprint density at radius 3 is 2.37 bits per heavy atom. The van der Waals surface area contributed by atoms with Crippen LogP contribution in [0.25, 0.3) is 11.3 Å². The van der Waals surface area contributed by atoms with Crippen molar-refractivity contribution in [3.8, 4) is 11.3 Å². The molecule has 0 fully saturated rings. The molecule has 0 unspecified atom stereocenters. The van der Waals surface area contributed by atoms with Crippen LogP contribution in [0.1, 0.15) is 22.3 Å². The van der Waals surface area contributed by atoms with Crippen molar-refractivity contribution in [1.29, 1.82) is 0 Å². The first-order valence-electron chi connectivity index (χ1n) is 9.61. The molecule has 0 saturated heterocycles. The molecule has 6 heteroatoms. The van der Waals surface area contributed by atoms with Crippen LogP contribution in [0.4, 0.5) is 5.88 Å². The van der Waals surface area contributed by atoms with Crippen LogP contribution in [0.15, 0.2) is 88.3 Å². The van der Waals surface area contributed by atoms with Gasteiger partial charge in [-0.2, -0.15) is 0 Å². The van der Waals surface area contributed by atoms with Crippen molar-refractivity contribution >= 4 is 15.9 Å². The number of aryl methyl sites for hydroxylation is 2. The molecule has 0 aliphatic carbocycles. The summed E-state index contributed by atoms with van der Waals surface area (Å²) in [7, 11) is -3.75. The number of hydrogen-bond donors (Lipinski definition) is 1. The highest BCUT2D eigenvalue weighted by atomic mass is 32.2. The Morgan fingerprint density at radius 1 is 0.833 bits per heavy atom. The summed E-state index contributed by atoms with van der Waals surface area (Å²) in [6, 6.07) is 24.8. The molecule has 0 spiro atoms. The summed E-state index contributed by atoms with van der Waals surface area (Å²) in [6.07, 6.45) is 0.804. The first-order valence-corrected chi connectivity index (χ1v) is 11.1. The zero-order valence-corrected chi connectivity index (χ0v) is 17.6. The Hall–Kier alpha value is -3.38. The minimum absolute atomic E-state index is 0.0803. The number of hydrogen-bond acceptors (Lipinski definition) is 4. The zero-order valence-electron chi connectivity index (χ0n) is 16.8. The molecular weight excluding hydrogens is 396 g/mol. The predicted octanol–water partition coefficient (Wildman–Crippen LogP) is 5.35. The monoisotopic (exact) mass is 418 g/mol. The topological polar surface area (TPSA) is 72.2 Å². The molecule has 0 aliphatic heterocycles. The van der Waals surface area contributed by atoms with Crippen molar-refractivity contribution in [2.24, 2.45) is 0 Å². The zero-order chi connectivity index (χ0) is 21.1. The van der Waals surface area contributed by atoms with Crippen molar-refractivity contribution in [3.63, 3.8) is 0 Å². The molecule has 1 heterocycles. The molecule has 4 aromatic rings. The van der Waals surface area contributed by atoms with E-state index < -0.39 is 10.0 Å². The molecule has 0 atom stereocenters. The lowest BCUT2D eigenvalue weighted by Gasteiger charge is -2.07. The van der Waals surface area contributed by atoms with E-state index in [1.807, 2.05) is 50.2 Å². The minimum Gasteiger partial charge on any atom is -0.337 e. The van der Waals surface area contributed by atoms with Gasteiger partial charge in [-0.1, -0.05) is 59.8 Å². The Bertz CT molecular complexity index is 1280. The van der Waals surface area contributed by atoms with E-state index in [0.29, 0.717) is 5.69 Å². The summed E-state index contributed by atoms with van der Waals surface area (Å²) >= 11 is 0. The van der Waals surface area contributed by atoms with E-state index in [1.54, 1.807) is 24.3 Å². The van der Waals surface area contributed by atoms with Crippen molar-refractivity contribution in [2.45, 2.75) is 25.2 Å². The highest BCUT2D eigenvalue weighted by molar-refractivity contribution is 7.92. The Labute approximate surface area is 176 Å². The van der Waals surface area contributed by atoms with Crippen LogP contribution in [-0.4, -0.2) is 13.6 Å². The Kier molecular flexibility index (Phi) is 5.42. The van der Waals surface area contributed by atoms with Gasteiger partial charge in [0.1, 0.15) is 5.69 Å². The number of sulfonamides is 1. The van der Waals surface area contributed by atoms with Crippen LogP contribution >= 0.6 is 0 Å². The summed E-state index contributed by atoms with van der Waals surface area (Å²) < 4.78 is 33.1. The predicted molar refractivity (Wildman–Crippen MR) is 118 cm³/mol. The maximum Gasteiger partial charge on any atom is 0.264 e. The van der Waals surface area contributed by atoms with E-state index in [2.05, 4.69) is 28.1 Å². The third kappa shape index (κ3) is 4.44. The third-order valence-corrected chi connectivity index (χ3v) is 6.35. The fourth-order valence-electron chi connectivity index (χ4n) is 3.20. The number of aromatic nitrogens is 1. The summed E-state index contributed by atoms with van der Waals surface area (Å²) in [5, 5.41) is 4.04. The average molecular weight is 419 g/mol. The first-order chi connectivity index (χ1) is 14.4. The van der Waals surface area contributed by atoms with Crippen molar-refractivity contribution in [3.05, 3.63) is 101 Å². The Morgan fingerprint density at radius 2 is 1.60 bits per heavy atom. The van der Waals surface area contributed by atoms with Gasteiger partial charge in [-0.15, -0.1) is 0 Å². The first kappa shape index (κ1) is 19.9. The summed E-state index contributed by atoms with van der Waals surface area (Å²) in [6.45, 7) is 3.82. The van der Waals surface area contributed by atoms with Crippen LogP contribution in [-0.2, 0) is 16.4 Å². The summed E-state index contributed by atoms with van der Waals surface area (Å²) in [4.78, 5) is 0.188. The quantitative estimate of drug-likeness (QED) is 0.458. The Balaban J connectivity index is 1.54. The molecule has 0 saturated carbocycles. The van der Waals surface area contributed by atoms with Crippen molar-refractivity contribution in [1.82, 2.24) is 5.16 Å². The van der Waals surface area contributed by atoms with Gasteiger partial charge in [0.25, 0.3) is 10.0 Å². The molecule has 5 nitrogen and oxygen atoms in total. The molecule has 30 heavy (non-hydrogen) atoms. The summed E-state index contributed by atoms with van der Waals surface area (Å²) in [5.41, 5.74) is 5.74. The number of anilines is 1. The lowest BCUT2D eigenvalue weighted by Crippen LogP contribution is -2.12. The maximum atomic E-state index is 12.7. The lowest BCUT2D eigenvalue weighted by molar-refractivity contribution is 0.438. The SMILES string of the molecule is Cc1ccc(S(=O)(=O)Nc2cc(-c3cccc(Cc4ccccc4)c3)no2)cc1C. The smallest absolute Gasteiger partial charge is 0.264 e. The second kappa shape index (κ2) is 8.16. The van der Waals surface area contributed by atoms with Gasteiger partial charge in [0.05, 0.1) is 4.90 Å². The van der Waals surface area contributed by atoms with E-state index >= 15 is 0 Å². The molecule has 4 rings (SSSR count). The fraction of sp³-hybridized carbons (Fsp3) is 0.125. The molecule has 1 N–H and O–H groups in total. The number of benzene rings is 3. The van der Waals surface area contributed by atoms with Crippen LogP contribution in [0.2, 0.25) is 0 Å². The molecule has 0 bridgehead atoms. The van der Waals surface area contributed by atoms with Crippen molar-refractivity contribution < 1.29 is 12.9 Å².